The summed E-state index contributed by atoms with van der Waals surface area (Å²) in [5, 5.41) is 0. The van der Waals surface area contributed by atoms with E-state index in [1.807, 2.05) is 7.05 Å². The van der Waals surface area contributed by atoms with Gasteiger partial charge in [0.1, 0.15) is 5.82 Å². The van der Waals surface area contributed by atoms with E-state index in [4.69, 9.17) is 4.74 Å². The summed E-state index contributed by atoms with van der Waals surface area (Å²) in [5.74, 6) is 1.29. The van der Waals surface area contributed by atoms with Gasteiger partial charge in [-0.1, -0.05) is 0 Å². The van der Waals surface area contributed by atoms with E-state index in [0.717, 1.165) is 25.2 Å². The van der Waals surface area contributed by atoms with Crippen LogP contribution in [-0.4, -0.2) is 73.2 Å². The van der Waals surface area contributed by atoms with Gasteiger partial charge in [-0.3, -0.25) is 4.90 Å². The second-order valence-electron chi connectivity index (χ2n) is 6.16. The Hall–Kier alpha value is -0.960. The maximum absolute atomic E-state index is 12.7. The molecule has 1 aromatic heterocycles. The predicted molar refractivity (Wildman–Crippen MR) is 82.9 cm³/mol. The summed E-state index contributed by atoms with van der Waals surface area (Å²) < 4.78 is 32.4. The quantitative estimate of drug-likeness (QED) is 0.868. The number of ether oxygens (including phenoxy) is 1. The Morgan fingerprint density at radius 1 is 1.36 bits per heavy atom. The summed E-state index contributed by atoms with van der Waals surface area (Å²) in [6.07, 6.45) is 5.17. The lowest BCUT2D eigenvalue weighted by atomic mass is 10.0. The molecule has 0 saturated carbocycles. The maximum Gasteiger partial charge on any atom is 0.214 e. The van der Waals surface area contributed by atoms with E-state index in [1.165, 1.54) is 0 Å². The molecule has 1 atom stereocenters. The molecule has 8 heteroatoms. The van der Waals surface area contributed by atoms with Crippen LogP contribution in [-0.2, 0) is 14.8 Å². The third-order valence-electron chi connectivity index (χ3n) is 4.63. The Morgan fingerprint density at radius 3 is 2.82 bits per heavy atom. The molecular formula is C14H24N4O3S. The summed E-state index contributed by atoms with van der Waals surface area (Å²) in [6.45, 7) is 3.10. The van der Waals surface area contributed by atoms with Crippen molar-refractivity contribution in [2.75, 3.05) is 45.6 Å². The standard InChI is InChI=1S/C14H24N4O3S/c1-17-6-7-18(10-13(17)14-15-4-5-16-14)22(19,20)11-12-2-8-21-9-3-12/h4-5,12-13H,2-3,6-11H2,1H3,(H,15,16). The maximum atomic E-state index is 12.7. The van der Waals surface area contributed by atoms with Gasteiger partial charge in [0.2, 0.25) is 10.0 Å². The molecule has 2 aliphatic rings. The number of likely N-dealkylation sites (N-methyl/N-ethyl adjacent to an activating group) is 1. The minimum atomic E-state index is -3.22. The molecule has 0 radical (unpaired) electrons. The van der Waals surface area contributed by atoms with Crippen LogP contribution in [0.4, 0.5) is 0 Å². The summed E-state index contributed by atoms with van der Waals surface area (Å²) in [7, 11) is -1.21. The third-order valence-corrected chi connectivity index (χ3v) is 6.64. The lowest BCUT2D eigenvalue weighted by Gasteiger charge is -2.38. The molecule has 2 aliphatic heterocycles. The molecule has 1 N–H and O–H groups in total. The minimum Gasteiger partial charge on any atom is -0.381 e. The first-order valence-corrected chi connectivity index (χ1v) is 9.42. The van der Waals surface area contributed by atoms with Gasteiger partial charge < -0.3 is 9.72 Å². The Balaban J connectivity index is 1.68. The largest absolute Gasteiger partial charge is 0.381 e. The van der Waals surface area contributed by atoms with Crippen LogP contribution in [0.15, 0.2) is 12.4 Å². The number of sulfonamides is 1. The van der Waals surface area contributed by atoms with Crippen LogP contribution in [0.2, 0.25) is 0 Å². The zero-order valence-corrected chi connectivity index (χ0v) is 13.8. The van der Waals surface area contributed by atoms with Gasteiger partial charge in [-0.15, -0.1) is 0 Å². The van der Waals surface area contributed by atoms with Gasteiger partial charge in [-0.25, -0.2) is 13.4 Å². The number of imidazole rings is 1. The molecule has 0 aromatic carbocycles. The van der Waals surface area contributed by atoms with Gasteiger partial charge in [0.05, 0.1) is 11.8 Å². The van der Waals surface area contributed by atoms with Crippen molar-refractivity contribution < 1.29 is 13.2 Å². The molecular weight excluding hydrogens is 304 g/mol. The average Bonchev–Trinajstić information content (AvgIpc) is 3.02. The number of H-pyrrole nitrogens is 1. The fraction of sp³-hybridized carbons (Fsp3) is 0.786. The molecule has 7 nitrogen and oxygen atoms in total. The van der Waals surface area contributed by atoms with Crippen LogP contribution in [0.1, 0.15) is 24.7 Å². The number of hydrogen-bond donors (Lipinski definition) is 1. The Kier molecular flexibility index (Phi) is 4.82. The summed E-state index contributed by atoms with van der Waals surface area (Å²) in [6, 6.07) is -0.00628. The zero-order valence-electron chi connectivity index (χ0n) is 12.9. The van der Waals surface area contributed by atoms with Crippen molar-refractivity contribution in [1.29, 1.82) is 0 Å². The summed E-state index contributed by atoms with van der Waals surface area (Å²) in [5.41, 5.74) is 0. The van der Waals surface area contributed by atoms with E-state index in [1.54, 1.807) is 16.7 Å². The van der Waals surface area contributed by atoms with Crippen molar-refractivity contribution in [2.24, 2.45) is 5.92 Å². The highest BCUT2D eigenvalue weighted by Gasteiger charge is 2.35. The zero-order chi connectivity index (χ0) is 15.6. The smallest absolute Gasteiger partial charge is 0.214 e. The van der Waals surface area contributed by atoms with Crippen LogP contribution < -0.4 is 0 Å². The molecule has 22 heavy (non-hydrogen) atoms. The molecule has 0 aliphatic carbocycles. The highest BCUT2D eigenvalue weighted by Crippen LogP contribution is 2.25. The number of aromatic amines is 1. The van der Waals surface area contributed by atoms with Gasteiger partial charge >= 0.3 is 0 Å². The topological polar surface area (TPSA) is 78.5 Å². The SMILES string of the molecule is CN1CCN(S(=O)(=O)CC2CCOCC2)CC1c1ncc[nH]1. The Morgan fingerprint density at radius 2 is 2.14 bits per heavy atom. The molecule has 1 aromatic rings. The molecule has 1 unspecified atom stereocenters. The van der Waals surface area contributed by atoms with Crippen LogP contribution in [0.3, 0.4) is 0 Å². The first-order valence-electron chi connectivity index (χ1n) is 7.81. The normalized spacial score (nSPS) is 26.3. The molecule has 3 rings (SSSR count). The molecule has 2 saturated heterocycles. The Labute approximate surface area is 131 Å². The van der Waals surface area contributed by atoms with Crippen molar-refractivity contribution in [2.45, 2.75) is 18.9 Å². The number of rotatable bonds is 4. The highest BCUT2D eigenvalue weighted by atomic mass is 32.2. The van der Waals surface area contributed by atoms with Gasteiger partial charge in [0.25, 0.3) is 0 Å². The van der Waals surface area contributed by atoms with E-state index >= 15 is 0 Å². The average molecular weight is 328 g/mol. The summed E-state index contributed by atoms with van der Waals surface area (Å²) in [4.78, 5) is 9.54. The van der Waals surface area contributed by atoms with Crippen molar-refractivity contribution in [1.82, 2.24) is 19.2 Å². The number of piperazine rings is 1. The number of nitrogens with zero attached hydrogens (tertiary/aromatic N) is 3. The number of hydrogen-bond acceptors (Lipinski definition) is 5. The highest BCUT2D eigenvalue weighted by molar-refractivity contribution is 7.89. The second kappa shape index (κ2) is 6.66. The first kappa shape index (κ1) is 15.9. The van der Waals surface area contributed by atoms with E-state index in [2.05, 4.69) is 14.9 Å². The van der Waals surface area contributed by atoms with Gasteiger partial charge in [0.15, 0.2) is 0 Å². The van der Waals surface area contributed by atoms with E-state index in [-0.39, 0.29) is 17.7 Å². The second-order valence-corrected chi connectivity index (χ2v) is 8.18. The monoisotopic (exact) mass is 328 g/mol. The van der Waals surface area contributed by atoms with E-state index in [0.29, 0.717) is 26.3 Å². The van der Waals surface area contributed by atoms with Crippen LogP contribution >= 0.6 is 0 Å². The van der Waals surface area contributed by atoms with E-state index < -0.39 is 10.0 Å². The first-order chi connectivity index (χ1) is 10.6. The van der Waals surface area contributed by atoms with Gasteiger partial charge in [-0.05, 0) is 25.8 Å². The minimum absolute atomic E-state index is 0.00628. The molecule has 3 heterocycles. The Bertz CT molecular complexity index is 569. The number of nitrogens with one attached hydrogen (secondary N) is 1. The van der Waals surface area contributed by atoms with Crippen molar-refractivity contribution >= 4 is 10.0 Å². The van der Waals surface area contributed by atoms with Crippen molar-refractivity contribution in [3.8, 4) is 0 Å². The fourth-order valence-electron chi connectivity index (χ4n) is 3.17. The lowest BCUT2D eigenvalue weighted by Crippen LogP contribution is -2.50. The van der Waals surface area contributed by atoms with Crippen LogP contribution in [0.5, 0.6) is 0 Å². The predicted octanol–water partition coefficient (Wildman–Crippen LogP) is 0.455. The van der Waals surface area contributed by atoms with Crippen LogP contribution in [0, 0.1) is 5.92 Å². The molecule has 0 amide bonds. The van der Waals surface area contributed by atoms with Crippen LogP contribution in [0.25, 0.3) is 0 Å². The fourth-order valence-corrected chi connectivity index (χ4v) is 5.04. The lowest BCUT2D eigenvalue weighted by molar-refractivity contribution is 0.0716. The molecule has 2 fully saturated rings. The van der Waals surface area contributed by atoms with Gasteiger partial charge in [0, 0.05) is 45.2 Å². The molecule has 0 spiro atoms. The van der Waals surface area contributed by atoms with Crippen molar-refractivity contribution in [3.05, 3.63) is 18.2 Å². The molecule has 0 bridgehead atoms. The van der Waals surface area contributed by atoms with E-state index in [9.17, 15) is 8.42 Å². The third kappa shape index (κ3) is 3.51. The van der Waals surface area contributed by atoms with Crippen molar-refractivity contribution in [3.63, 3.8) is 0 Å². The van der Waals surface area contributed by atoms with Gasteiger partial charge in [-0.2, -0.15) is 4.31 Å². The molecule has 124 valence electrons. The number of aromatic nitrogens is 2. The summed E-state index contributed by atoms with van der Waals surface area (Å²) >= 11 is 0.